The van der Waals surface area contributed by atoms with Crippen molar-refractivity contribution < 1.29 is 0 Å². The van der Waals surface area contributed by atoms with Crippen molar-refractivity contribution in [2.75, 3.05) is 5.73 Å². The summed E-state index contributed by atoms with van der Waals surface area (Å²) in [6, 6.07) is 3.75. The van der Waals surface area contributed by atoms with Crippen LogP contribution in [0.25, 0.3) is 5.69 Å². The van der Waals surface area contributed by atoms with Gasteiger partial charge >= 0.3 is 0 Å². The van der Waals surface area contributed by atoms with E-state index in [9.17, 15) is 0 Å². The molecule has 0 unspecified atom stereocenters. The second-order valence-electron chi connectivity index (χ2n) is 2.36. The smallest absolute Gasteiger partial charge is 0.204 e. The van der Waals surface area contributed by atoms with Gasteiger partial charge in [-0.05, 0) is 12.1 Å². The molecule has 0 aliphatic heterocycles. The average Bonchev–Trinajstić information content (AvgIpc) is 2.53. The van der Waals surface area contributed by atoms with Crippen LogP contribution in [0.2, 0.25) is 0 Å². The predicted molar refractivity (Wildman–Crippen MR) is 45.8 cm³/mol. The number of nitrogens with zero attached hydrogens (tertiary/aromatic N) is 3. The Balaban J connectivity index is 2.51. The molecule has 0 atom stereocenters. The Labute approximate surface area is 69.7 Å². The largest absolute Gasteiger partial charge is 0.369 e. The Hall–Kier alpha value is -1.84. The van der Waals surface area contributed by atoms with Crippen LogP contribution in [0.4, 0.5) is 5.95 Å². The number of hydrogen-bond acceptors (Lipinski definition) is 3. The molecule has 0 saturated heterocycles. The van der Waals surface area contributed by atoms with Crippen molar-refractivity contribution >= 4 is 5.95 Å². The van der Waals surface area contributed by atoms with Crippen LogP contribution in [0.1, 0.15) is 0 Å². The lowest BCUT2D eigenvalue weighted by molar-refractivity contribution is 1.06. The average molecular weight is 160 g/mol. The topological polar surface area (TPSA) is 56.7 Å². The third kappa shape index (κ3) is 1.03. The lowest BCUT2D eigenvalue weighted by Crippen LogP contribution is -1.99. The quantitative estimate of drug-likeness (QED) is 0.672. The second-order valence-corrected chi connectivity index (χ2v) is 2.36. The Morgan fingerprint density at radius 3 is 2.50 bits per heavy atom. The monoisotopic (exact) mass is 160 g/mol. The van der Waals surface area contributed by atoms with E-state index in [-0.39, 0.29) is 0 Å². The molecule has 0 fully saturated rings. The van der Waals surface area contributed by atoms with Gasteiger partial charge in [-0.15, -0.1) is 0 Å². The van der Waals surface area contributed by atoms with Gasteiger partial charge in [-0.3, -0.25) is 9.55 Å². The lowest BCUT2D eigenvalue weighted by atomic mass is 10.4. The zero-order valence-electron chi connectivity index (χ0n) is 6.38. The molecule has 0 aliphatic carbocycles. The standard InChI is InChI=1S/C8H8N4/c9-8-11-5-6-12(8)7-1-3-10-4-2-7/h1-6H,(H2,9,11). The van der Waals surface area contributed by atoms with Gasteiger partial charge in [-0.2, -0.15) is 0 Å². The fourth-order valence-corrected chi connectivity index (χ4v) is 1.04. The first-order valence-electron chi connectivity index (χ1n) is 3.57. The highest BCUT2D eigenvalue weighted by atomic mass is 15.1. The minimum atomic E-state index is 0.487. The zero-order valence-corrected chi connectivity index (χ0v) is 6.38. The third-order valence-corrected chi connectivity index (χ3v) is 1.61. The summed E-state index contributed by atoms with van der Waals surface area (Å²) in [4.78, 5) is 7.82. The number of anilines is 1. The fourth-order valence-electron chi connectivity index (χ4n) is 1.04. The predicted octanol–water partition coefficient (Wildman–Crippen LogP) is 0.850. The van der Waals surface area contributed by atoms with E-state index in [1.54, 1.807) is 23.2 Å². The van der Waals surface area contributed by atoms with Crippen molar-refractivity contribution in [3.8, 4) is 5.69 Å². The molecule has 0 aromatic carbocycles. The van der Waals surface area contributed by atoms with Crippen LogP contribution in [0.5, 0.6) is 0 Å². The van der Waals surface area contributed by atoms with Crippen molar-refractivity contribution in [3.63, 3.8) is 0 Å². The fraction of sp³-hybridized carbons (Fsp3) is 0. The Bertz CT molecular complexity index is 366. The van der Waals surface area contributed by atoms with Crippen molar-refractivity contribution in [3.05, 3.63) is 36.9 Å². The van der Waals surface area contributed by atoms with Gasteiger partial charge in [0.05, 0.1) is 5.69 Å². The molecule has 0 saturated carbocycles. The van der Waals surface area contributed by atoms with Crippen LogP contribution in [0.3, 0.4) is 0 Å². The van der Waals surface area contributed by atoms with E-state index in [0.717, 1.165) is 5.69 Å². The molecule has 12 heavy (non-hydrogen) atoms. The molecule has 2 aromatic rings. The third-order valence-electron chi connectivity index (χ3n) is 1.61. The summed E-state index contributed by atoms with van der Waals surface area (Å²) in [5.74, 6) is 0.487. The highest BCUT2D eigenvalue weighted by Gasteiger charge is 1.98. The molecule has 4 nitrogen and oxygen atoms in total. The number of nitrogen functional groups attached to an aromatic ring is 1. The molecule has 0 spiro atoms. The minimum absolute atomic E-state index is 0.487. The number of aromatic nitrogens is 3. The molecule has 2 rings (SSSR count). The second kappa shape index (κ2) is 2.65. The lowest BCUT2D eigenvalue weighted by Gasteiger charge is -2.01. The van der Waals surface area contributed by atoms with Gasteiger partial charge < -0.3 is 5.73 Å². The van der Waals surface area contributed by atoms with E-state index >= 15 is 0 Å². The molecule has 2 aromatic heterocycles. The molecule has 60 valence electrons. The van der Waals surface area contributed by atoms with E-state index in [1.807, 2.05) is 18.3 Å². The van der Waals surface area contributed by atoms with E-state index in [0.29, 0.717) is 5.95 Å². The van der Waals surface area contributed by atoms with Crippen LogP contribution >= 0.6 is 0 Å². The van der Waals surface area contributed by atoms with Crippen LogP contribution in [-0.4, -0.2) is 14.5 Å². The zero-order chi connectivity index (χ0) is 8.39. The van der Waals surface area contributed by atoms with Crippen LogP contribution in [0.15, 0.2) is 36.9 Å². The summed E-state index contributed by atoms with van der Waals surface area (Å²) in [5.41, 5.74) is 6.58. The van der Waals surface area contributed by atoms with E-state index in [2.05, 4.69) is 9.97 Å². The Morgan fingerprint density at radius 2 is 1.92 bits per heavy atom. The van der Waals surface area contributed by atoms with Gasteiger partial charge in [0.2, 0.25) is 5.95 Å². The van der Waals surface area contributed by atoms with E-state index in [4.69, 9.17) is 5.73 Å². The SMILES string of the molecule is Nc1nccn1-c1ccncc1. The van der Waals surface area contributed by atoms with Crippen LogP contribution in [-0.2, 0) is 0 Å². The first-order valence-corrected chi connectivity index (χ1v) is 3.57. The maximum absolute atomic E-state index is 5.60. The normalized spacial score (nSPS) is 10.0. The number of pyridine rings is 1. The molecule has 0 aliphatic rings. The summed E-state index contributed by atoms with van der Waals surface area (Å²) in [6.07, 6.45) is 6.91. The molecule has 0 radical (unpaired) electrons. The van der Waals surface area contributed by atoms with Gasteiger partial charge in [-0.1, -0.05) is 0 Å². The highest BCUT2D eigenvalue weighted by molar-refractivity contribution is 5.37. The number of nitrogens with two attached hydrogens (primary N) is 1. The number of hydrogen-bond donors (Lipinski definition) is 1. The van der Waals surface area contributed by atoms with Crippen molar-refractivity contribution in [2.45, 2.75) is 0 Å². The van der Waals surface area contributed by atoms with Gasteiger partial charge in [0, 0.05) is 24.8 Å². The van der Waals surface area contributed by atoms with Gasteiger partial charge in [0.1, 0.15) is 0 Å². The molecule has 0 amide bonds. The summed E-state index contributed by atoms with van der Waals surface area (Å²) in [5, 5.41) is 0. The van der Waals surface area contributed by atoms with Crippen LogP contribution in [0, 0.1) is 0 Å². The van der Waals surface area contributed by atoms with E-state index in [1.165, 1.54) is 0 Å². The summed E-state index contributed by atoms with van der Waals surface area (Å²) in [7, 11) is 0. The summed E-state index contributed by atoms with van der Waals surface area (Å²) < 4.78 is 1.79. The van der Waals surface area contributed by atoms with Gasteiger partial charge in [0.25, 0.3) is 0 Å². The highest BCUT2D eigenvalue weighted by Crippen LogP contribution is 2.09. The number of rotatable bonds is 1. The Morgan fingerprint density at radius 1 is 1.17 bits per heavy atom. The maximum atomic E-state index is 5.60. The molecular weight excluding hydrogens is 152 g/mol. The maximum Gasteiger partial charge on any atom is 0.204 e. The molecule has 2 heterocycles. The Kier molecular flexibility index (Phi) is 1.51. The first-order chi connectivity index (χ1) is 5.88. The molecule has 0 bridgehead atoms. The van der Waals surface area contributed by atoms with Crippen molar-refractivity contribution in [1.82, 2.24) is 14.5 Å². The summed E-state index contributed by atoms with van der Waals surface area (Å²) in [6.45, 7) is 0. The molecule has 2 N–H and O–H groups in total. The van der Waals surface area contributed by atoms with E-state index < -0.39 is 0 Å². The van der Waals surface area contributed by atoms with Gasteiger partial charge in [-0.25, -0.2) is 4.98 Å². The number of imidazole rings is 1. The molecule has 4 heteroatoms. The molecular formula is C8H8N4. The van der Waals surface area contributed by atoms with Crippen molar-refractivity contribution in [2.24, 2.45) is 0 Å². The van der Waals surface area contributed by atoms with Crippen LogP contribution < -0.4 is 5.73 Å². The first kappa shape index (κ1) is 6.84. The minimum Gasteiger partial charge on any atom is -0.369 e. The van der Waals surface area contributed by atoms with Crippen molar-refractivity contribution in [1.29, 1.82) is 0 Å². The van der Waals surface area contributed by atoms with Gasteiger partial charge in [0.15, 0.2) is 0 Å². The summed E-state index contributed by atoms with van der Waals surface area (Å²) >= 11 is 0.